The molecular weight excluding hydrogens is 190 g/mol. The number of aromatic nitrogens is 2. The summed E-state index contributed by atoms with van der Waals surface area (Å²) in [6.45, 7) is 5.07. The number of anilines is 1. The minimum Gasteiger partial charge on any atom is -0.382 e. The lowest BCUT2D eigenvalue weighted by atomic mass is 10.1. The predicted octanol–water partition coefficient (Wildman–Crippen LogP) is 2.29. The second kappa shape index (κ2) is 4.23. The van der Waals surface area contributed by atoms with Crippen molar-refractivity contribution in [3.63, 3.8) is 0 Å². The molecule has 1 unspecified atom stereocenters. The largest absolute Gasteiger partial charge is 0.382 e. The van der Waals surface area contributed by atoms with E-state index in [1.165, 1.54) is 12.8 Å². The molecular formula is C11H19N3O. The number of nitrogens with two attached hydrogens (primary N) is 1. The van der Waals surface area contributed by atoms with E-state index in [2.05, 4.69) is 18.9 Å². The Morgan fingerprint density at radius 3 is 2.93 bits per heavy atom. The van der Waals surface area contributed by atoms with Crippen LogP contribution in [-0.4, -0.2) is 16.4 Å². The van der Waals surface area contributed by atoms with Crippen molar-refractivity contribution in [1.29, 1.82) is 0 Å². The molecule has 2 heterocycles. The first-order valence-corrected chi connectivity index (χ1v) is 5.65. The summed E-state index contributed by atoms with van der Waals surface area (Å²) < 4.78 is 7.73. The molecule has 4 nitrogen and oxygen atoms in total. The Kier molecular flexibility index (Phi) is 2.95. The van der Waals surface area contributed by atoms with Gasteiger partial charge in [-0.3, -0.25) is 4.68 Å². The highest BCUT2D eigenvalue weighted by Crippen LogP contribution is 2.30. The van der Waals surface area contributed by atoms with Crippen molar-refractivity contribution < 1.29 is 4.74 Å². The topological polar surface area (TPSA) is 53.1 Å². The van der Waals surface area contributed by atoms with Gasteiger partial charge >= 0.3 is 0 Å². The van der Waals surface area contributed by atoms with E-state index in [0.717, 1.165) is 18.7 Å². The molecule has 15 heavy (non-hydrogen) atoms. The van der Waals surface area contributed by atoms with Crippen LogP contribution in [0.1, 0.15) is 50.9 Å². The zero-order valence-electron chi connectivity index (χ0n) is 9.44. The zero-order valence-corrected chi connectivity index (χ0v) is 9.44. The van der Waals surface area contributed by atoms with Gasteiger partial charge in [0.05, 0.1) is 11.8 Å². The smallest absolute Gasteiger partial charge is 0.145 e. The number of ether oxygens (including phenoxy) is 1. The maximum Gasteiger partial charge on any atom is 0.145 e. The summed E-state index contributed by atoms with van der Waals surface area (Å²) in [5.41, 5.74) is 6.86. The number of nitrogens with zero attached hydrogens (tertiary/aromatic N) is 2. The van der Waals surface area contributed by atoms with Crippen LogP contribution < -0.4 is 5.73 Å². The summed E-state index contributed by atoms with van der Waals surface area (Å²) in [5.74, 6) is 0.591. The van der Waals surface area contributed by atoms with Gasteiger partial charge in [-0.25, -0.2) is 0 Å². The minimum atomic E-state index is 0.186. The normalized spacial score (nSPS) is 22.2. The van der Waals surface area contributed by atoms with Crippen LogP contribution in [-0.2, 0) is 4.74 Å². The van der Waals surface area contributed by atoms with Crippen LogP contribution in [0.15, 0.2) is 6.07 Å². The summed E-state index contributed by atoms with van der Waals surface area (Å²) in [5, 5.41) is 4.30. The molecule has 1 aliphatic rings. The van der Waals surface area contributed by atoms with E-state index in [9.17, 15) is 0 Å². The molecule has 2 rings (SSSR count). The molecule has 0 radical (unpaired) electrons. The first-order chi connectivity index (χ1) is 7.18. The van der Waals surface area contributed by atoms with E-state index < -0.39 is 0 Å². The molecule has 1 atom stereocenters. The van der Waals surface area contributed by atoms with Gasteiger partial charge in [0.25, 0.3) is 0 Å². The van der Waals surface area contributed by atoms with E-state index >= 15 is 0 Å². The highest BCUT2D eigenvalue weighted by atomic mass is 16.5. The van der Waals surface area contributed by atoms with Gasteiger partial charge in [0, 0.05) is 18.7 Å². The Morgan fingerprint density at radius 2 is 2.33 bits per heavy atom. The molecule has 1 fully saturated rings. The average Bonchev–Trinajstić information content (AvgIpc) is 2.62. The number of hydrogen-bond donors (Lipinski definition) is 1. The fraction of sp³-hybridized carbons (Fsp3) is 0.727. The SMILES string of the molecule is CC(C)n1nc(N)cc1C1CCCCO1. The van der Waals surface area contributed by atoms with E-state index in [-0.39, 0.29) is 6.10 Å². The van der Waals surface area contributed by atoms with Crippen LogP contribution >= 0.6 is 0 Å². The molecule has 84 valence electrons. The maximum atomic E-state index is 5.75. The molecule has 0 saturated carbocycles. The van der Waals surface area contributed by atoms with Gasteiger partial charge in [0.2, 0.25) is 0 Å². The molecule has 1 aromatic heterocycles. The molecule has 0 aliphatic carbocycles. The Morgan fingerprint density at radius 1 is 1.53 bits per heavy atom. The Balaban J connectivity index is 2.25. The maximum absolute atomic E-state index is 5.75. The van der Waals surface area contributed by atoms with Gasteiger partial charge in [0.1, 0.15) is 5.82 Å². The molecule has 1 aromatic rings. The highest BCUT2D eigenvalue weighted by molar-refractivity contribution is 5.31. The number of hydrogen-bond acceptors (Lipinski definition) is 3. The van der Waals surface area contributed by atoms with Gasteiger partial charge < -0.3 is 10.5 Å². The molecule has 1 saturated heterocycles. The zero-order chi connectivity index (χ0) is 10.8. The lowest BCUT2D eigenvalue weighted by Crippen LogP contribution is -2.17. The van der Waals surface area contributed by atoms with Crippen LogP contribution in [0, 0.1) is 0 Å². The minimum absolute atomic E-state index is 0.186. The van der Waals surface area contributed by atoms with E-state index in [1.54, 1.807) is 0 Å². The summed E-state index contributed by atoms with van der Waals surface area (Å²) in [6.07, 6.45) is 3.67. The first kappa shape index (κ1) is 10.5. The third-order valence-electron chi connectivity index (χ3n) is 2.78. The predicted molar refractivity (Wildman–Crippen MR) is 59.6 cm³/mol. The van der Waals surface area contributed by atoms with Gasteiger partial charge in [0.15, 0.2) is 0 Å². The fourth-order valence-electron chi connectivity index (χ4n) is 2.06. The summed E-state index contributed by atoms with van der Waals surface area (Å²) in [4.78, 5) is 0. The van der Waals surface area contributed by atoms with Crippen LogP contribution in [0.25, 0.3) is 0 Å². The van der Waals surface area contributed by atoms with Crippen molar-refractivity contribution in [3.05, 3.63) is 11.8 Å². The number of rotatable bonds is 2. The average molecular weight is 209 g/mol. The van der Waals surface area contributed by atoms with Gasteiger partial charge in [-0.2, -0.15) is 5.10 Å². The molecule has 0 spiro atoms. The van der Waals surface area contributed by atoms with E-state index in [4.69, 9.17) is 10.5 Å². The number of nitrogen functional groups attached to an aromatic ring is 1. The molecule has 0 amide bonds. The van der Waals surface area contributed by atoms with Gasteiger partial charge in [-0.15, -0.1) is 0 Å². The summed E-state index contributed by atoms with van der Waals surface area (Å²) >= 11 is 0. The van der Waals surface area contributed by atoms with Crippen molar-refractivity contribution in [2.45, 2.75) is 45.3 Å². The van der Waals surface area contributed by atoms with Gasteiger partial charge in [-0.1, -0.05) is 0 Å². The monoisotopic (exact) mass is 209 g/mol. The van der Waals surface area contributed by atoms with E-state index in [0.29, 0.717) is 11.9 Å². The van der Waals surface area contributed by atoms with Gasteiger partial charge in [-0.05, 0) is 33.1 Å². The molecule has 2 N–H and O–H groups in total. The lowest BCUT2D eigenvalue weighted by Gasteiger charge is -2.24. The first-order valence-electron chi connectivity index (χ1n) is 5.65. The lowest BCUT2D eigenvalue weighted by molar-refractivity contribution is 0.00885. The van der Waals surface area contributed by atoms with Crippen molar-refractivity contribution in [1.82, 2.24) is 9.78 Å². The Hall–Kier alpha value is -1.03. The van der Waals surface area contributed by atoms with Crippen LogP contribution in [0.3, 0.4) is 0 Å². The molecule has 1 aliphatic heterocycles. The molecule has 0 bridgehead atoms. The summed E-state index contributed by atoms with van der Waals surface area (Å²) in [7, 11) is 0. The fourth-order valence-corrected chi connectivity index (χ4v) is 2.06. The van der Waals surface area contributed by atoms with Crippen LogP contribution in [0.2, 0.25) is 0 Å². The molecule has 0 aromatic carbocycles. The van der Waals surface area contributed by atoms with Crippen molar-refractivity contribution in [2.24, 2.45) is 0 Å². The van der Waals surface area contributed by atoms with Crippen LogP contribution in [0.5, 0.6) is 0 Å². The van der Waals surface area contributed by atoms with Crippen molar-refractivity contribution in [3.8, 4) is 0 Å². The Bertz CT molecular complexity index is 327. The van der Waals surface area contributed by atoms with E-state index in [1.807, 2.05) is 10.7 Å². The standard InChI is InChI=1S/C11H19N3O/c1-8(2)14-9(7-11(12)13-14)10-5-3-4-6-15-10/h7-8,10H,3-6H2,1-2H3,(H2,12,13). The highest BCUT2D eigenvalue weighted by Gasteiger charge is 2.21. The van der Waals surface area contributed by atoms with Crippen molar-refractivity contribution >= 4 is 5.82 Å². The molecule has 4 heteroatoms. The third kappa shape index (κ3) is 2.15. The second-order valence-electron chi connectivity index (χ2n) is 4.39. The quantitative estimate of drug-likeness (QED) is 0.813. The van der Waals surface area contributed by atoms with Crippen molar-refractivity contribution in [2.75, 3.05) is 12.3 Å². The van der Waals surface area contributed by atoms with Crippen LogP contribution in [0.4, 0.5) is 5.82 Å². The Labute approximate surface area is 90.4 Å². The second-order valence-corrected chi connectivity index (χ2v) is 4.39. The summed E-state index contributed by atoms with van der Waals surface area (Å²) in [6, 6.07) is 2.28. The third-order valence-corrected chi connectivity index (χ3v) is 2.78.